The van der Waals surface area contributed by atoms with Crippen LogP contribution in [-0.4, -0.2) is 30.4 Å². The lowest BCUT2D eigenvalue weighted by molar-refractivity contribution is -0.125. The molecule has 7 nitrogen and oxygen atoms in total. The van der Waals surface area contributed by atoms with E-state index in [4.69, 9.17) is 11.5 Å². The molecule has 0 saturated carbocycles. The number of carbonyl (C=O) groups excluding carboxylic acids is 3. The number of amides is 4. The molecule has 1 unspecified atom stereocenters. The molecule has 0 aliphatic carbocycles. The Labute approximate surface area is 74.8 Å². The predicted molar refractivity (Wildman–Crippen MR) is 44.4 cm³/mol. The van der Waals surface area contributed by atoms with Crippen LogP contribution >= 0.6 is 0 Å². The summed E-state index contributed by atoms with van der Waals surface area (Å²) < 4.78 is 0. The number of nitrogens with one attached hydrogen (secondary N) is 2. The van der Waals surface area contributed by atoms with Gasteiger partial charge in [-0.3, -0.25) is 9.59 Å². The van der Waals surface area contributed by atoms with Crippen molar-refractivity contribution in [1.82, 2.24) is 10.6 Å². The van der Waals surface area contributed by atoms with Crippen LogP contribution in [-0.2, 0) is 9.59 Å². The summed E-state index contributed by atoms with van der Waals surface area (Å²) in [5, 5.41) is 4.34. The molecule has 1 atom stereocenters. The van der Waals surface area contributed by atoms with Crippen LogP contribution in [0.5, 0.6) is 0 Å². The van der Waals surface area contributed by atoms with Crippen molar-refractivity contribution in [1.29, 1.82) is 0 Å². The first-order valence-corrected chi connectivity index (χ1v) is 3.55. The first-order valence-electron chi connectivity index (χ1n) is 3.55. The molecule has 74 valence electrons. The van der Waals surface area contributed by atoms with Gasteiger partial charge >= 0.3 is 6.03 Å². The molecule has 0 spiro atoms. The second-order valence-electron chi connectivity index (χ2n) is 2.41. The van der Waals surface area contributed by atoms with Crippen LogP contribution < -0.4 is 22.1 Å². The highest BCUT2D eigenvalue weighted by Crippen LogP contribution is 1.79. The lowest BCUT2D eigenvalue weighted by atomic mass is 10.3. The Kier molecular flexibility index (Phi) is 4.28. The lowest BCUT2D eigenvalue weighted by Gasteiger charge is -2.10. The van der Waals surface area contributed by atoms with Gasteiger partial charge in [-0.2, -0.15) is 0 Å². The van der Waals surface area contributed by atoms with E-state index in [2.05, 4.69) is 10.6 Å². The SMILES string of the molecule is CC(NC(N)=O)C(=O)NCC(N)=O. The van der Waals surface area contributed by atoms with Crippen molar-refractivity contribution in [2.75, 3.05) is 6.54 Å². The summed E-state index contributed by atoms with van der Waals surface area (Å²) >= 11 is 0. The van der Waals surface area contributed by atoms with Gasteiger partial charge in [0.2, 0.25) is 11.8 Å². The van der Waals surface area contributed by atoms with Gasteiger partial charge in [-0.05, 0) is 6.92 Å². The van der Waals surface area contributed by atoms with Gasteiger partial charge < -0.3 is 22.1 Å². The summed E-state index contributed by atoms with van der Waals surface area (Å²) in [6.45, 7) is 1.17. The molecule has 0 saturated heterocycles. The van der Waals surface area contributed by atoms with Gasteiger partial charge in [-0.15, -0.1) is 0 Å². The monoisotopic (exact) mass is 188 g/mol. The highest BCUT2D eigenvalue weighted by atomic mass is 16.2. The maximum Gasteiger partial charge on any atom is 0.312 e. The molecule has 6 N–H and O–H groups in total. The van der Waals surface area contributed by atoms with Crippen molar-refractivity contribution in [3.8, 4) is 0 Å². The Balaban J connectivity index is 3.82. The van der Waals surface area contributed by atoms with E-state index in [1.54, 1.807) is 0 Å². The molecule has 4 amide bonds. The molecule has 0 aromatic rings. The van der Waals surface area contributed by atoms with Crippen LogP contribution in [0.15, 0.2) is 0 Å². The highest BCUT2D eigenvalue weighted by molar-refractivity contribution is 5.89. The second-order valence-corrected chi connectivity index (χ2v) is 2.41. The van der Waals surface area contributed by atoms with E-state index in [1.165, 1.54) is 6.92 Å². The van der Waals surface area contributed by atoms with Crippen LogP contribution in [0.4, 0.5) is 4.79 Å². The largest absolute Gasteiger partial charge is 0.368 e. The summed E-state index contributed by atoms with van der Waals surface area (Å²) in [6.07, 6.45) is 0. The minimum Gasteiger partial charge on any atom is -0.368 e. The maximum atomic E-state index is 11.0. The van der Waals surface area contributed by atoms with Crippen molar-refractivity contribution in [2.45, 2.75) is 13.0 Å². The molecule has 0 heterocycles. The van der Waals surface area contributed by atoms with E-state index in [0.29, 0.717) is 0 Å². The molecule has 0 aromatic carbocycles. The molecule has 0 radical (unpaired) electrons. The third kappa shape index (κ3) is 5.48. The minimum absolute atomic E-state index is 0.260. The molecular weight excluding hydrogens is 176 g/mol. The van der Waals surface area contributed by atoms with E-state index in [0.717, 1.165) is 0 Å². The molecule has 7 heteroatoms. The second kappa shape index (κ2) is 4.96. The molecule has 0 aliphatic heterocycles. The highest BCUT2D eigenvalue weighted by Gasteiger charge is 2.13. The van der Waals surface area contributed by atoms with E-state index < -0.39 is 23.9 Å². The summed E-state index contributed by atoms with van der Waals surface area (Å²) in [7, 11) is 0. The first-order chi connectivity index (χ1) is 5.93. The Hall–Kier alpha value is -1.79. The number of carbonyl (C=O) groups is 3. The van der Waals surface area contributed by atoms with Gasteiger partial charge in [0.25, 0.3) is 0 Å². The smallest absolute Gasteiger partial charge is 0.312 e. The molecule has 0 aliphatic rings. The third-order valence-corrected chi connectivity index (χ3v) is 1.19. The quantitative estimate of drug-likeness (QED) is 0.394. The van der Waals surface area contributed by atoms with Crippen LogP contribution in [0, 0.1) is 0 Å². The van der Waals surface area contributed by atoms with E-state index in [1.807, 2.05) is 0 Å². The number of primary amides is 2. The fourth-order valence-corrected chi connectivity index (χ4v) is 0.606. The number of rotatable bonds is 4. The Bertz CT molecular complexity index is 228. The minimum atomic E-state index is -0.804. The van der Waals surface area contributed by atoms with Crippen LogP contribution in [0.1, 0.15) is 6.92 Å². The van der Waals surface area contributed by atoms with Crippen molar-refractivity contribution >= 4 is 17.8 Å². The van der Waals surface area contributed by atoms with Crippen LogP contribution in [0.25, 0.3) is 0 Å². The zero-order valence-electron chi connectivity index (χ0n) is 7.16. The van der Waals surface area contributed by atoms with E-state index >= 15 is 0 Å². The van der Waals surface area contributed by atoms with Gasteiger partial charge in [0.15, 0.2) is 0 Å². The van der Waals surface area contributed by atoms with Crippen LogP contribution in [0.3, 0.4) is 0 Å². The zero-order chi connectivity index (χ0) is 10.4. The van der Waals surface area contributed by atoms with Gasteiger partial charge in [-0.1, -0.05) is 0 Å². The van der Waals surface area contributed by atoms with E-state index in [-0.39, 0.29) is 6.54 Å². The Morgan fingerprint density at radius 2 is 1.85 bits per heavy atom. The fraction of sp³-hybridized carbons (Fsp3) is 0.500. The fourth-order valence-electron chi connectivity index (χ4n) is 0.606. The average molecular weight is 188 g/mol. The first kappa shape index (κ1) is 11.2. The van der Waals surface area contributed by atoms with Gasteiger partial charge in [0.1, 0.15) is 6.04 Å². The maximum absolute atomic E-state index is 11.0. The summed E-state index contributed by atoms with van der Waals surface area (Å²) in [5.41, 5.74) is 9.54. The van der Waals surface area contributed by atoms with Crippen molar-refractivity contribution in [3.05, 3.63) is 0 Å². The lowest BCUT2D eigenvalue weighted by Crippen LogP contribution is -2.48. The topological polar surface area (TPSA) is 127 Å². The van der Waals surface area contributed by atoms with Gasteiger partial charge in [-0.25, -0.2) is 4.79 Å². The number of hydrogen-bond donors (Lipinski definition) is 4. The van der Waals surface area contributed by atoms with Crippen molar-refractivity contribution in [2.24, 2.45) is 11.5 Å². The zero-order valence-corrected chi connectivity index (χ0v) is 7.16. The number of hydrogen-bond acceptors (Lipinski definition) is 3. The molecule has 0 rings (SSSR count). The third-order valence-electron chi connectivity index (χ3n) is 1.19. The molecule has 0 bridgehead atoms. The number of nitrogens with two attached hydrogens (primary N) is 2. The van der Waals surface area contributed by atoms with Crippen molar-refractivity contribution < 1.29 is 14.4 Å². The molecular formula is C6H12N4O3. The molecule has 0 fully saturated rings. The molecule has 13 heavy (non-hydrogen) atoms. The summed E-state index contributed by atoms with van der Waals surface area (Å²) in [5.74, 6) is -1.17. The summed E-state index contributed by atoms with van der Waals surface area (Å²) in [4.78, 5) is 31.5. The summed E-state index contributed by atoms with van der Waals surface area (Å²) in [6, 6.07) is -1.58. The van der Waals surface area contributed by atoms with Gasteiger partial charge in [0.05, 0.1) is 6.54 Å². The molecule has 0 aromatic heterocycles. The van der Waals surface area contributed by atoms with Crippen molar-refractivity contribution in [3.63, 3.8) is 0 Å². The Morgan fingerprint density at radius 3 is 2.23 bits per heavy atom. The normalized spacial score (nSPS) is 11.5. The average Bonchev–Trinajstić information content (AvgIpc) is 1.98. The van der Waals surface area contributed by atoms with Gasteiger partial charge in [0, 0.05) is 0 Å². The Morgan fingerprint density at radius 1 is 1.31 bits per heavy atom. The van der Waals surface area contributed by atoms with Crippen LogP contribution in [0.2, 0.25) is 0 Å². The van der Waals surface area contributed by atoms with E-state index in [9.17, 15) is 14.4 Å². The predicted octanol–water partition coefficient (Wildman–Crippen LogP) is -2.36. The number of urea groups is 1. The standard InChI is InChI=1S/C6H12N4O3/c1-3(10-6(8)13)5(12)9-2-4(7)11/h3H,2H2,1H3,(H2,7,11)(H,9,12)(H3,8,10,13).